The molecule has 0 aromatic rings. The van der Waals surface area contributed by atoms with Crippen molar-refractivity contribution in [2.75, 3.05) is 0 Å². The summed E-state index contributed by atoms with van der Waals surface area (Å²) in [6.45, 7) is 4.55. The molecule has 2 rings (SSSR count). The predicted octanol–water partition coefficient (Wildman–Crippen LogP) is 2.55. The third kappa shape index (κ3) is 1.19. The van der Waals surface area contributed by atoms with Crippen molar-refractivity contribution in [3.63, 3.8) is 0 Å². The summed E-state index contributed by atoms with van der Waals surface area (Å²) in [4.78, 5) is 0. The Morgan fingerprint density at radius 1 is 1.25 bits per heavy atom. The van der Waals surface area contributed by atoms with Crippen LogP contribution in [0.3, 0.4) is 0 Å². The van der Waals surface area contributed by atoms with Crippen LogP contribution in [0.1, 0.15) is 46.0 Å². The molecule has 2 saturated carbocycles. The molecule has 0 bridgehead atoms. The molecule has 0 aliphatic heterocycles. The highest BCUT2D eigenvalue weighted by Crippen LogP contribution is 2.54. The summed E-state index contributed by atoms with van der Waals surface area (Å²) in [6, 6.07) is 0. The summed E-state index contributed by atoms with van der Waals surface area (Å²) in [5.41, 5.74) is 6.54. The molecule has 0 spiro atoms. The van der Waals surface area contributed by atoms with E-state index in [-0.39, 0.29) is 5.54 Å². The van der Waals surface area contributed by atoms with E-state index >= 15 is 0 Å². The normalized spacial score (nSPS) is 42.5. The Hall–Kier alpha value is -0.0400. The summed E-state index contributed by atoms with van der Waals surface area (Å²) in [5.74, 6) is 2.54. The minimum absolute atomic E-state index is 0.231. The van der Waals surface area contributed by atoms with E-state index in [9.17, 15) is 0 Å². The van der Waals surface area contributed by atoms with E-state index in [1.807, 2.05) is 0 Å². The summed E-state index contributed by atoms with van der Waals surface area (Å²) in [5, 5.41) is 0. The molecule has 2 N–H and O–H groups in total. The van der Waals surface area contributed by atoms with Crippen LogP contribution in [0.5, 0.6) is 0 Å². The zero-order valence-corrected chi connectivity index (χ0v) is 8.34. The standard InChI is InChI=1S/C11H21N/c1-8(2)11(12)7-10(11)9-5-3-4-6-9/h8-10H,3-7,12H2,1-2H3. The maximum atomic E-state index is 6.31. The highest BCUT2D eigenvalue weighted by atomic mass is 14.9. The third-order valence-corrected chi connectivity index (χ3v) is 4.15. The van der Waals surface area contributed by atoms with E-state index in [4.69, 9.17) is 5.73 Å². The Morgan fingerprint density at radius 2 is 1.83 bits per heavy atom. The second-order valence-electron chi connectivity index (χ2n) is 5.12. The second-order valence-corrected chi connectivity index (χ2v) is 5.12. The minimum Gasteiger partial charge on any atom is -0.325 e. The highest BCUT2D eigenvalue weighted by molar-refractivity contribution is 5.12. The van der Waals surface area contributed by atoms with Gasteiger partial charge in [0.2, 0.25) is 0 Å². The molecule has 2 atom stereocenters. The molecule has 0 saturated heterocycles. The zero-order chi connectivity index (χ0) is 8.77. The lowest BCUT2D eigenvalue weighted by Gasteiger charge is -2.18. The van der Waals surface area contributed by atoms with Gasteiger partial charge in [0.25, 0.3) is 0 Å². The van der Waals surface area contributed by atoms with Crippen LogP contribution in [0.15, 0.2) is 0 Å². The molecule has 2 aliphatic carbocycles. The molecule has 0 amide bonds. The molecule has 0 aromatic carbocycles. The smallest absolute Gasteiger partial charge is 0.0212 e. The summed E-state index contributed by atoms with van der Waals surface area (Å²) in [7, 11) is 0. The van der Waals surface area contributed by atoms with E-state index in [0.29, 0.717) is 5.92 Å². The number of rotatable bonds is 2. The molecule has 0 radical (unpaired) electrons. The topological polar surface area (TPSA) is 26.0 Å². The van der Waals surface area contributed by atoms with Crippen LogP contribution in [-0.2, 0) is 0 Å². The van der Waals surface area contributed by atoms with Gasteiger partial charge in [0, 0.05) is 5.54 Å². The van der Waals surface area contributed by atoms with Crippen molar-refractivity contribution in [3.8, 4) is 0 Å². The van der Waals surface area contributed by atoms with Gasteiger partial charge in [0.15, 0.2) is 0 Å². The first-order chi connectivity index (χ1) is 5.64. The van der Waals surface area contributed by atoms with Crippen molar-refractivity contribution >= 4 is 0 Å². The maximum absolute atomic E-state index is 6.31. The molecule has 2 aliphatic rings. The molecule has 12 heavy (non-hydrogen) atoms. The van der Waals surface area contributed by atoms with E-state index in [2.05, 4.69) is 13.8 Å². The van der Waals surface area contributed by atoms with Gasteiger partial charge in [-0.2, -0.15) is 0 Å². The largest absolute Gasteiger partial charge is 0.325 e. The molecule has 2 fully saturated rings. The monoisotopic (exact) mass is 167 g/mol. The Balaban J connectivity index is 1.93. The fraction of sp³-hybridized carbons (Fsp3) is 1.00. The van der Waals surface area contributed by atoms with Crippen LogP contribution in [-0.4, -0.2) is 5.54 Å². The van der Waals surface area contributed by atoms with Crippen LogP contribution in [0, 0.1) is 17.8 Å². The van der Waals surface area contributed by atoms with Crippen molar-refractivity contribution in [1.29, 1.82) is 0 Å². The first-order valence-electron chi connectivity index (χ1n) is 5.43. The van der Waals surface area contributed by atoms with Crippen molar-refractivity contribution < 1.29 is 0 Å². The Labute approximate surface area is 75.7 Å². The molecule has 1 heteroatoms. The Bertz CT molecular complexity index is 170. The number of hydrogen-bond donors (Lipinski definition) is 1. The van der Waals surface area contributed by atoms with Gasteiger partial charge in [-0.05, 0) is 24.2 Å². The fourth-order valence-electron chi connectivity index (χ4n) is 2.95. The maximum Gasteiger partial charge on any atom is 0.0212 e. The zero-order valence-electron chi connectivity index (χ0n) is 8.34. The average molecular weight is 167 g/mol. The van der Waals surface area contributed by atoms with Crippen LogP contribution in [0.25, 0.3) is 0 Å². The summed E-state index contributed by atoms with van der Waals surface area (Å²) >= 11 is 0. The predicted molar refractivity (Wildman–Crippen MR) is 51.8 cm³/mol. The number of hydrogen-bond acceptors (Lipinski definition) is 1. The van der Waals surface area contributed by atoms with Gasteiger partial charge in [0.1, 0.15) is 0 Å². The van der Waals surface area contributed by atoms with Crippen LogP contribution >= 0.6 is 0 Å². The van der Waals surface area contributed by atoms with Crippen LogP contribution in [0.4, 0.5) is 0 Å². The van der Waals surface area contributed by atoms with Crippen LogP contribution in [0.2, 0.25) is 0 Å². The molecule has 0 aromatic heterocycles. The van der Waals surface area contributed by atoms with Gasteiger partial charge < -0.3 is 5.73 Å². The molecule has 70 valence electrons. The van der Waals surface area contributed by atoms with Crippen LogP contribution < -0.4 is 5.73 Å². The van der Waals surface area contributed by atoms with Gasteiger partial charge in [-0.3, -0.25) is 0 Å². The SMILES string of the molecule is CC(C)C1(N)CC1C1CCCC1. The molecule has 2 unspecified atom stereocenters. The van der Waals surface area contributed by atoms with Crippen molar-refractivity contribution in [2.45, 2.75) is 51.5 Å². The van der Waals surface area contributed by atoms with E-state index in [0.717, 1.165) is 11.8 Å². The van der Waals surface area contributed by atoms with E-state index < -0.39 is 0 Å². The average Bonchev–Trinajstić information content (AvgIpc) is 2.49. The molecule has 1 nitrogen and oxygen atoms in total. The minimum atomic E-state index is 0.231. The fourth-order valence-corrected chi connectivity index (χ4v) is 2.95. The Kier molecular flexibility index (Phi) is 1.95. The van der Waals surface area contributed by atoms with Gasteiger partial charge in [-0.1, -0.05) is 39.5 Å². The van der Waals surface area contributed by atoms with Gasteiger partial charge in [-0.25, -0.2) is 0 Å². The lowest BCUT2D eigenvalue weighted by Crippen LogP contribution is -2.33. The molecular weight excluding hydrogens is 146 g/mol. The number of nitrogens with two attached hydrogens (primary N) is 1. The van der Waals surface area contributed by atoms with Crippen molar-refractivity contribution in [2.24, 2.45) is 23.5 Å². The third-order valence-electron chi connectivity index (χ3n) is 4.15. The second kappa shape index (κ2) is 2.73. The molecule has 0 heterocycles. The Morgan fingerprint density at radius 3 is 2.25 bits per heavy atom. The van der Waals surface area contributed by atoms with Gasteiger partial charge >= 0.3 is 0 Å². The lowest BCUT2D eigenvalue weighted by atomic mass is 9.92. The van der Waals surface area contributed by atoms with E-state index in [1.165, 1.54) is 32.1 Å². The van der Waals surface area contributed by atoms with Crippen molar-refractivity contribution in [3.05, 3.63) is 0 Å². The quantitative estimate of drug-likeness (QED) is 0.672. The summed E-state index contributed by atoms with van der Waals surface area (Å²) < 4.78 is 0. The first kappa shape index (κ1) is 8.55. The van der Waals surface area contributed by atoms with Gasteiger partial charge in [-0.15, -0.1) is 0 Å². The lowest BCUT2D eigenvalue weighted by molar-refractivity contribution is 0.364. The first-order valence-corrected chi connectivity index (χ1v) is 5.43. The molecular formula is C11H21N. The van der Waals surface area contributed by atoms with Gasteiger partial charge in [0.05, 0.1) is 0 Å². The summed E-state index contributed by atoms with van der Waals surface area (Å²) in [6.07, 6.45) is 7.12. The van der Waals surface area contributed by atoms with E-state index in [1.54, 1.807) is 0 Å². The highest BCUT2D eigenvalue weighted by Gasteiger charge is 2.56. The van der Waals surface area contributed by atoms with Crippen molar-refractivity contribution in [1.82, 2.24) is 0 Å².